The van der Waals surface area contributed by atoms with E-state index in [1.165, 1.54) is 30.3 Å². The Balaban J connectivity index is 1.68. The number of phenolic OH excluding ortho intramolecular Hbond substituents is 2. The van der Waals surface area contributed by atoms with Crippen LogP contribution in [0.2, 0.25) is 0 Å². The molecule has 2 heterocycles. The van der Waals surface area contributed by atoms with E-state index < -0.39 is 49.0 Å². The second-order valence-corrected chi connectivity index (χ2v) is 7.14. The van der Waals surface area contributed by atoms with Gasteiger partial charge in [-0.25, -0.2) is 4.79 Å². The number of phenols is 2. The SMILES string of the molecule is O=C1Oc2c(ccc(O)c2OC2O[C@H](CO)[C@@H](O)[C@H](O)[C@H]2O)/C1=C\c1ccc(O)cc1. The van der Waals surface area contributed by atoms with Gasteiger partial charge in [0.25, 0.3) is 0 Å². The third-order valence-electron chi connectivity index (χ3n) is 5.08. The van der Waals surface area contributed by atoms with E-state index in [-0.39, 0.29) is 22.8 Å². The van der Waals surface area contributed by atoms with E-state index in [4.69, 9.17) is 14.2 Å². The zero-order valence-electron chi connectivity index (χ0n) is 16.0. The van der Waals surface area contributed by atoms with Crippen LogP contribution in [-0.4, -0.2) is 73.9 Å². The number of carbonyl (C=O) groups is 1. The van der Waals surface area contributed by atoms with Crippen LogP contribution < -0.4 is 9.47 Å². The summed E-state index contributed by atoms with van der Waals surface area (Å²) in [5.74, 6) is -1.50. The molecule has 0 aromatic heterocycles. The normalized spacial score (nSPS) is 29.0. The fraction of sp³-hybridized carbons (Fsp3) is 0.286. The van der Waals surface area contributed by atoms with Gasteiger partial charge in [-0.1, -0.05) is 12.1 Å². The molecular formula is C21H20O10. The molecule has 0 radical (unpaired) electrons. The molecule has 4 rings (SSSR count). The van der Waals surface area contributed by atoms with Gasteiger partial charge in [-0.15, -0.1) is 0 Å². The Kier molecular flexibility index (Phi) is 5.56. The van der Waals surface area contributed by atoms with Crippen LogP contribution in [0.5, 0.6) is 23.0 Å². The molecule has 31 heavy (non-hydrogen) atoms. The van der Waals surface area contributed by atoms with Crippen molar-refractivity contribution in [1.82, 2.24) is 0 Å². The molecule has 1 saturated heterocycles. The highest BCUT2D eigenvalue weighted by Crippen LogP contribution is 2.48. The van der Waals surface area contributed by atoms with E-state index in [1.54, 1.807) is 12.1 Å². The lowest BCUT2D eigenvalue weighted by atomic mass is 9.99. The first-order valence-corrected chi connectivity index (χ1v) is 9.36. The van der Waals surface area contributed by atoms with Crippen LogP contribution in [0.1, 0.15) is 11.1 Å². The number of aliphatic hydroxyl groups excluding tert-OH is 4. The number of rotatable bonds is 4. The summed E-state index contributed by atoms with van der Waals surface area (Å²) < 4.78 is 16.1. The summed E-state index contributed by atoms with van der Waals surface area (Å²) in [6, 6.07) is 8.81. The Morgan fingerprint density at radius 2 is 1.68 bits per heavy atom. The van der Waals surface area contributed by atoms with E-state index in [0.717, 1.165) is 0 Å². The van der Waals surface area contributed by atoms with Crippen molar-refractivity contribution in [3.63, 3.8) is 0 Å². The van der Waals surface area contributed by atoms with E-state index in [2.05, 4.69) is 0 Å². The molecule has 0 saturated carbocycles. The van der Waals surface area contributed by atoms with Crippen LogP contribution in [0.25, 0.3) is 11.6 Å². The predicted octanol–water partition coefficient (Wildman–Crippen LogP) is -0.264. The van der Waals surface area contributed by atoms with Gasteiger partial charge in [-0.3, -0.25) is 0 Å². The van der Waals surface area contributed by atoms with Crippen molar-refractivity contribution < 1.29 is 49.6 Å². The van der Waals surface area contributed by atoms with Crippen LogP contribution in [-0.2, 0) is 9.53 Å². The average molecular weight is 432 g/mol. The smallest absolute Gasteiger partial charge is 0.344 e. The highest BCUT2D eigenvalue weighted by molar-refractivity contribution is 6.26. The number of hydrogen-bond acceptors (Lipinski definition) is 10. The third kappa shape index (κ3) is 3.82. The van der Waals surface area contributed by atoms with Gasteiger partial charge >= 0.3 is 5.97 Å². The fourth-order valence-electron chi connectivity index (χ4n) is 3.39. The zero-order valence-corrected chi connectivity index (χ0v) is 16.0. The highest BCUT2D eigenvalue weighted by atomic mass is 16.7. The van der Waals surface area contributed by atoms with Crippen molar-refractivity contribution in [2.45, 2.75) is 30.7 Å². The third-order valence-corrected chi connectivity index (χ3v) is 5.08. The van der Waals surface area contributed by atoms with Gasteiger partial charge < -0.3 is 44.8 Å². The summed E-state index contributed by atoms with van der Waals surface area (Å²) in [6.45, 7) is -0.655. The lowest BCUT2D eigenvalue weighted by Gasteiger charge is -2.39. The minimum atomic E-state index is -1.71. The Morgan fingerprint density at radius 1 is 0.968 bits per heavy atom. The van der Waals surface area contributed by atoms with E-state index in [1.807, 2.05) is 0 Å². The molecule has 2 aliphatic rings. The number of aliphatic hydroxyl groups is 4. The van der Waals surface area contributed by atoms with Crippen molar-refractivity contribution in [3.05, 3.63) is 47.5 Å². The summed E-state index contributed by atoms with van der Waals surface area (Å²) in [5, 5.41) is 59.0. The quantitative estimate of drug-likeness (QED) is 0.215. The van der Waals surface area contributed by atoms with Gasteiger partial charge in [0.2, 0.25) is 12.0 Å². The Labute approximate surface area is 175 Å². The monoisotopic (exact) mass is 432 g/mol. The Bertz CT molecular complexity index is 1010. The van der Waals surface area contributed by atoms with Gasteiger partial charge in [-0.05, 0) is 35.9 Å². The number of aromatic hydroxyl groups is 2. The molecule has 6 N–H and O–H groups in total. The zero-order chi connectivity index (χ0) is 22.3. The van der Waals surface area contributed by atoms with Crippen LogP contribution in [0.3, 0.4) is 0 Å². The first-order valence-electron chi connectivity index (χ1n) is 9.36. The van der Waals surface area contributed by atoms with Crippen molar-refractivity contribution in [1.29, 1.82) is 0 Å². The standard InChI is InChI=1S/C21H20O10/c22-8-14-15(25)16(26)17(27)21(29-14)31-19-13(24)6-5-11-12(20(28)30-18(11)19)7-9-1-3-10(23)4-2-9/h1-7,14-17,21-27H,8H2/b12-7+/t14-,15-,16+,17-,21?/m1/s1. The maximum atomic E-state index is 12.5. The minimum absolute atomic E-state index is 0.0664. The highest BCUT2D eigenvalue weighted by Gasteiger charge is 2.45. The van der Waals surface area contributed by atoms with Crippen LogP contribution >= 0.6 is 0 Å². The molecule has 10 nitrogen and oxygen atoms in total. The largest absolute Gasteiger partial charge is 0.508 e. The molecule has 0 spiro atoms. The number of ether oxygens (including phenoxy) is 3. The van der Waals surface area contributed by atoms with Crippen molar-refractivity contribution in [3.8, 4) is 23.0 Å². The van der Waals surface area contributed by atoms with Gasteiger partial charge in [-0.2, -0.15) is 0 Å². The molecule has 2 aliphatic heterocycles. The molecule has 0 bridgehead atoms. The summed E-state index contributed by atoms with van der Waals surface area (Å²) in [4.78, 5) is 12.5. The summed E-state index contributed by atoms with van der Waals surface area (Å²) in [7, 11) is 0. The molecule has 2 aromatic carbocycles. The molecule has 164 valence electrons. The molecule has 1 unspecified atom stereocenters. The van der Waals surface area contributed by atoms with Crippen molar-refractivity contribution >= 4 is 17.6 Å². The van der Waals surface area contributed by atoms with Gasteiger partial charge in [0.1, 0.15) is 30.2 Å². The first-order chi connectivity index (χ1) is 14.8. The van der Waals surface area contributed by atoms with E-state index >= 15 is 0 Å². The Morgan fingerprint density at radius 3 is 2.35 bits per heavy atom. The molecule has 5 atom stereocenters. The summed E-state index contributed by atoms with van der Waals surface area (Å²) in [5.41, 5.74) is 1.08. The fourth-order valence-corrected chi connectivity index (χ4v) is 3.39. The Hall–Kier alpha value is -3.15. The molecular weight excluding hydrogens is 412 g/mol. The molecule has 2 aromatic rings. The first kappa shape index (κ1) is 21.1. The number of carbonyl (C=O) groups excluding carboxylic acids is 1. The van der Waals surface area contributed by atoms with Crippen LogP contribution in [0.15, 0.2) is 36.4 Å². The number of benzene rings is 2. The number of fused-ring (bicyclic) bond motifs is 1. The van der Waals surface area contributed by atoms with E-state index in [9.17, 15) is 35.4 Å². The summed E-state index contributed by atoms with van der Waals surface area (Å²) >= 11 is 0. The average Bonchev–Trinajstić information content (AvgIpc) is 3.07. The lowest BCUT2D eigenvalue weighted by Crippen LogP contribution is -2.60. The molecule has 10 heteroatoms. The van der Waals surface area contributed by atoms with Crippen LogP contribution in [0.4, 0.5) is 0 Å². The second-order valence-electron chi connectivity index (χ2n) is 7.14. The van der Waals surface area contributed by atoms with Gasteiger partial charge in [0, 0.05) is 5.56 Å². The number of esters is 1. The lowest BCUT2D eigenvalue weighted by molar-refractivity contribution is -0.277. The van der Waals surface area contributed by atoms with Crippen LogP contribution in [0, 0.1) is 0 Å². The second kappa shape index (κ2) is 8.17. The number of hydrogen-bond donors (Lipinski definition) is 6. The maximum absolute atomic E-state index is 12.5. The maximum Gasteiger partial charge on any atom is 0.344 e. The topological polar surface area (TPSA) is 166 Å². The molecule has 0 aliphatic carbocycles. The molecule has 1 fully saturated rings. The summed E-state index contributed by atoms with van der Waals surface area (Å²) in [6.07, 6.45) is -6.22. The van der Waals surface area contributed by atoms with E-state index in [0.29, 0.717) is 11.1 Å². The van der Waals surface area contributed by atoms with Gasteiger partial charge in [0.15, 0.2) is 11.5 Å². The van der Waals surface area contributed by atoms with Crippen molar-refractivity contribution in [2.75, 3.05) is 6.61 Å². The van der Waals surface area contributed by atoms with Crippen molar-refractivity contribution in [2.24, 2.45) is 0 Å². The molecule has 0 amide bonds. The minimum Gasteiger partial charge on any atom is -0.508 e. The predicted molar refractivity (Wildman–Crippen MR) is 104 cm³/mol. The van der Waals surface area contributed by atoms with Gasteiger partial charge in [0.05, 0.1) is 12.2 Å².